The van der Waals surface area contributed by atoms with Gasteiger partial charge in [-0.3, -0.25) is 9.59 Å². The summed E-state index contributed by atoms with van der Waals surface area (Å²) in [5.74, 6) is -1.27. The molecule has 1 amide bonds. The van der Waals surface area contributed by atoms with Gasteiger partial charge in [0.15, 0.2) is 0 Å². The van der Waals surface area contributed by atoms with Gasteiger partial charge in [-0.05, 0) is 31.0 Å². The molecule has 0 fully saturated rings. The fraction of sp³-hybridized carbons (Fsp3) is 0.385. The molecule has 0 bridgehead atoms. The quantitative estimate of drug-likeness (QED) is 0.652. The average Bonchev–Trinajstić information content (AvgIpc) is 2.36. The van der Waals surface area contributed by atoms with Gasteiger partial charge in [0.1, 0.15) is 0 Å². The van der Waals surface area contributed by atoms with Crippen molar-refractivity contribution >= 4 is 27.6 Å². The van der Waals surface area contributed by atoms with E-state index in [4.69, 9.17) is 5.11 Å². The van der Waals surface area contributed by atoms with Crippen LogP contribution >= 0.6 is 0 Å². The van der Waals surface area contributed by atoms with Gasteiger partial charge >= 0.3 is 5.97 Å². The van der Waals surface area contributed by atoms with Crippen molar-refractivity contribution in [1.29, 1.82) is 0 Å². The first-order valence-electron chi connectivity index (χ1n) is 6.32. The summed E-state index contributed by atoms with van der Waals surface area (Å²) in [4.78, 5) is 21.4. The molecule has 1 aromatic rings. The average molecular weight is 314 g/mol. The zero-order valence-corrected chi connectivity index (χ0v) is 12.7. The van der Waals surface area contributed by atoms with E-state index in [-0.39, 0.29) is 30.2 Å². The van der Waals surface area contributed by atoms with Crippen LogP contribution in [0.4, 0.5) is 5.69 Å². The molecule has 1 rings (SSSR count). The molecule has 0 aliphatic rings. The van der Waals surface area contributed by atoms with Gasteiger partial charge < -0.3 is 10.4 Å². The van der Waals surface area contributed by atoms with E-state index in [1.807, 2.05) is 0 Å². The van der Waals surface area contributed by atoms with Crippen molar-refractivity contribution in [3.05, 3.63) is 23.8 Å². The normalized spacial score (nSPS) is 11.1. The number of aryl methyl sites for hydroxylation is 1. The van der Waals surface area contributed by atoms with Crippen molar-refractivity contribution in [2.24, 2.45) is 0 Å². The summed E-state index contributed by atoms with van der Waals surface area (Å²) in [5, 5.41) is 11.0. The minimum Gasteiger partial charge on any atom is -0.481 e. The summed E-state index contributed by atoms with van der Waals surface area (Å²) in [6.07, 6.45) is 0.104. The number of sulfonamides is 1. The number of amides is 1. The number of benzene rings is 1. The molecule has 3 N–H and O–H groups in total. The Bertz CT molecular complexity index is 640. The highest BCUT2D eigenvalue weighted by molar-refractivity contribution is 7.89. The molecule has 0 spiro atoms. The van der Waals surface area contributed by atoms with Gasteiger partial charge in [-0.2, -0.15) is 0 Å². The summed E-state index contributed by atoms with van der Waals surface area (Å²) < 4.78 is 26.7. The molecule has 0 atom stereocenters. The predicted molar refractivity (Wildman–Crippen MR) is 77.5 cm³/mol. The van der Waals surface area contributed by atoms with Gasteiger partial charge in [-0.25, -0.2) is 13.1 Å². The zero-order valence-electron chi connectivity index (χ0n) is 11.8. The van der Waals surface area contributed by atoms with Crippen LogP contribution in [0.1, 0.15) is 25.3 Å². The van der Waals surface area contributed by atoms with E-state index < -0.39 is 16.0 Å². The third-order valence-electron chi connectivity index (χ3n) is 2.66. The van der Waals surface area contributed by atoms with Gasteiger partial charge in [0.25, 0.3) is 0 Å². The lowest BCUT2D eigenvalue weighted by Gasteiger charge is -2.11. The minimum atomic E-state index is -3.74. The first kappa shape index (κ1) is 17.1. The maximum Gasteiger partial charge on any atom is 0.303 e. The lowest BCUT2D eigenvalue weighted by molar-refractivity contribution is -0.137. The van der Waals surface area contributed by atoms with Crippen LogP contribution < -0.4 is 10.0 Å². The first-order valence-corrected chi connectivity index (χ1v) is 7.80. The van der Waals surface area contributed by atoms with Crippen LogP contribution in [0.25, 0.3) is 0 Å². The highest BCUT2D eigenvalue weighted by Gasteiger charge is 2.17. The fourth-order valence-corrected chi connectivity index (χ4v) is 3.04. The van der Waals surface area contributed by atoms with Crippen LogP contribution in [0.3, 0.4) is 0 Å². The summed E-state index contributed by atoms with van der Waals surface area (Å²) in [6, 6.07) is 4.58. The maximum absolute atomic E-state index is 12.2. The molecule has 0 aliphatic carbocycles. The largest absolute Gasteiger partial charge is 0.481 e. The number of carbonyl (C=O) groups excluding carboxylic acids is 1. The number of carboxylic acids is 1. The Labute approximate surface area is 123 Å². The second-order valence-electron chi connectivity index (χ2n) is 4.56. The predicted octanol–water partition coefficient (Wildman–Crippen LogP) is 1.10. The molecule has 0 radical (unpaired) electrons. The third kappa shape index (κ3) is 5.52. The lowest BCUT2D eigenvalue weighted by atomic mass is 10.2. The van der Waals surface area contributed by atoms with Crippen LogP contribution in [0.15, 0.2) is 23.1 Å². The van der Waals surface area contributed by atoms with E-state index in [2.05, 4.69) is 10.0 Å². The summed E-state index contributed by atoms with van der Waals surface area (Å²) in [7, 11) is -3.74. The van der Waals surface area contributed by atoms with Gasteiger partial charge in [0.2, 0.25) is 15.9 Å². The van der Waals surface area contributed by atoms with Crippen molar-refractivity contribution in [3.8, 4) is 0 Å². The Morgan fingerprint density at radius 3 is 2.52 bits per heavy atom. The highest BCUT2D eigenvalue weighted by atomic mass is 32.2. The number of aliphatic carboxylic acids is 1. The van der Waals surface area contributed by atoms with E-state index in [0.717, 1.165) is 0 Å². The maximum atomic E-state index is 12.2. The third-order valence-corrected chi connectivity index (χ3v) is 4.26. The molecule has 21 heavy (non-hydrogen) atoms. The van der Waals surface area contributed by atoms with Gasteiger partial charge in [-0.1, -0.05) is 6.07 Å². The lowest BCUT2D eigenvalue weighted by Crippen LogP contribution is -2.26. The SMILES string of the molecule is CC(=O)Nc1ccc(C)c(S(=O)(=O)NCCCC(=O)O)c1. The van der Waals surface area contributed by atoms with Crippen molar-refractivity contribution in [2.45, 2.75) is 31.6 Å². The Balaban J connectivity index is 2.86. The topological polar surface area (TPSA) is 113 Å². The molecule has 0 saturated heterocycles. The van der Waals surface area contributed by atoms with E-state index in [9.17, 15) is 18.0 Å². The van der Waals surface area contributed by atoms with Crippen molar-refractivity contribution in [3.63, 3.8) is 0 Å². The highest BCUT2D eigenvalue weighted by Crippen LogP contribution is 2.20. The molecule has 0 aliphatic heterocycles. The first-order chi connectivity index (χ1) is 9.72. The Kier molecular flexibility index (Phi) is 5.86. The molecular weight excluding hydrogens is 296 g/mol. The molecule has 0 heterocycles. The second kappa shape index (κ2) is 7.19. The standard InChI is InChI=1S/C13H18N2O5S/c1-9-5-6-11(15-10(2)16)8-12(9)21(19,20)14-7-3-4-13(17)18/h5-6,8,14H,3-4,7H2,1-2H3,(H,15,16)(H,17,18). The number of anilines is 1. The monoisotopic (exact) mass is 314 g/mol. The number of carbonyl (C=O) groups is 2. The van der Waals surface area contributed by atoms with Crippen molar-refractivity contribution in [2.75, 3.05) is 11.9 Å². The van der Waals surface area contributed by atoms with Crippen molar-refractivity contribution in [1.82, 2.24) is 4.72 Å². The Morgan fingerprint density at radius 1 is 1.29 bits per heavy atom. The number of nitrogens with one attached hydrogen (secondary N) is 2. The molecule has 116 valence electrons. The molecular formula is C13H18N2O5S. The smallest absolute Gasteiger partial charge is 0.303 e. The Hall–Kier alpha value is -1.93. The fourth-order valence-electron chi connectivity index (χ4n) is 1.69. The molecule has 1 aromatic carbocycles. The summed E-state index contributed by atoms with van der Waals surface area (Å²) >= 11 is 0. The van der Waals surface area contributed by atoms with Crippen LogP contribution in [0, 0.1) is 6.92 Å². The molecule has 7 nitrogen and oxygen atoms in total. The van der Waals surface area contributed by atoms with Crippen molar-refractivity contribution < 1.29 is 23.1 Å². The van der Waals surface area contributed by atoms with Crippen LogP contribution in [0.5, 0.6) is 0 Å². The molecule has 0 aromatic heterocycles. The molecule has 0 saturated carbocycles. The summed E-state index contributed by atoms with van der Waals surface area (Å²) in [5.41, 5.74) is 0.925. The van der Waals surface area contributed by atoms with Crippen LogP contribution in [-0.4, -0.2) is 31.9 Å². The number of hydrogen-bond acceptors (Lipinski definition) is 4. The van der Waals surface area contributed by atoms with E-state index in [1.54, 1.807) is 19.1 Å². The molecule has 8 heteroatoms. The second-order valence-corrected chi connectivity index (χ2v) is 6.29. The van der Waals surface area contributed by atoms with E-state index in [0.29, 0.717) is 11.3 Å². The van der Waals surface area contributed by atoms with Gasteiger partial charge in [0, 0.05) is 25.6 Å². The molecule has 0 unspecified atom stereocenters. The summed E-state index contributed by atoms with van der Waals surface area (Å²) in [6.45, 7) is 3.01. The number of hydrogen-bond donors (Lipinski definition) is 3. The zero-order chi connectivity index (χ0) is 16.0. The van der Waals surface area contributed by atoms with E-state index in [1.165, 1.54) is 13.0 Å². The van der Waals surface area contributed by atoms with Crippen LogP contribution in [-0.2, 0) is 19.6 Å². The Morgan fingerprint density at radius 2 is 1.95 bits per heavy atom. The number of rotatable bonds is 7. The van der Waals surface area contributed by atoms with E-state index >= 15 is 0 Å². The van der Waals surface area contributed by atoms with Gasteiger partial charge in [0.05, 0.1) is 4.90 Å². The van der Waals surface area contributed by atoms with Crippen LogP contribution in [0.2, 0.25) is 0 Å². The minimum absolute atomic E-state index is 0.0401. The van der Waals surface area contributed by atoms with Gasteiger partial charge in [-0.15, -0.1) is 0 Å². The number of carboxylic acid groups (broad SMARTS) is 1.